The maximum absolute atomic E-state index is 13.2. The number of aromatic nitrogens is 4. The average Bonchev–Trinajstić information content (AvgIpc) is 3.45. The molecule has 7 nitrogen and oxygen atoms in total. The lowest BCUT2D eigenvalue weighted by Crippen LogP contribution is -2.14. The smallest absolute Gasteiger partial charge is 0.416 e. The number of hydrogen-bond donors (Lipinski definition) is 1. The van der Waals surface area contributed by atoms with Gasteiger partial charge in [-0.05, 0) is 42.8 Å². The molecule has 2 aromatic heterocycles. The van der Waals surface area contributed by atoms with Crippen LogP contribution in [0.5, 0.6) is 5.75 Å². The zero-order valence-corrected chi connectivity index (χ0v) is 19.7. The zero-order chi connectivity index (χ0) is 25.0. The predicted molar refractivity (Wildman–Crippen MR) is 124 cm³/mol. The van der Waals surface area contributed by atoms with E-state index in [9.17, 15) is 22.4 Å². The molecule has 4 aromatic rings. The molecule has 0 unspecified atom stereocenters. The molecule has 0 bridgehead atoms. The van der Waals surface area contributed by atoms with E-state index in [0.717, 1.165) is 23.5 Å². The van der Waals surface area contributed by atoms with Gasteiger partial charge >= 0.3 is 6.18 Å². The molecule has 0 saturated carbocycles. The summed E-state index contributed by atoms with van der Waals surface area (Å²) >= 11 is 2.28. The van der Waals surface area contributed by atoms with Crippen LogP contribution in [0.15, 0.2) is 59.1 Å². The minimum absolute atomic E-state index is 0.00421. The van der Waals surface area contributed by atoms with Gasteiger partial charge in [-0.25, -0.2) is 9.07 Å². The van der Waals surface area contributed by atoms with E-state index in [2.05, 4.69) is 20.6 Å². The van der Waals surface area contributed by atoms with Gasteiger partial charge in [0.15, 0.2) is 15.8 Å². The molecule has 1 amide bonds. The summed E-state index contributed by atoms with van der Waals surface area (Å²) in [5, 5.41) is 14.9. The Labute approximate surface area is 205 Å². The highest BCUT2D eigenvalue weighted by Crippen LogP contribution is 2.33. The molecule has 13 heteroatoms. The van der Waals surface area contributed by atoms with Crippen molar-refractivity contribution in [3.8, 4) is 11.4 Å². The van der Waals surface area contributed by atoms with Crippen LogP contribution < -0.4 is 10.1 Å². The standard InChI is InChI=1S/C22H17F4N5O2S2/c1-2-33-17-11-31(16-8-6-15(23)7-9-16)30-18(17)19(32)27-20-28-29-21(35-20)34-12-13-4-3-5-14(10-13)22(24,25)26/h3-11H,2,12H2,1H3,(H,27,28,32). The van der Waals surface area contributed by atoms with Gasteiger partial charge in [0.2, 0.25) is 5.13 Å². The second kappa shape index (κ2) is 10.4. The number of benzene rings is 2. The van der Waals surface area contributed by atoms with Crippen LogP contribution in [0, 0.1) is 5.82 Å². The molecule has 0 aliphatic carbocycles. The van der Waals surface area contributed by atoms with E-state index in [0.29, 0.717) is 22.2 Å². The van der Waals surface area contributed by atoms with E-state index in [-0.39, 0.29) is 22.3 Å². The van der Waals surface area contributed by atoms with E-state index in [4.69, 9.17) is 4.74 Å². The van der Waals surface area contributed by atoms with Crippen molar-refractivity contribution < 1.29 is 27.1 Å². The summed E-state index contributed by atoms with van der Waals surface area (Å²) in [5.41, 5.74) is 0.310. The van der Waals surface area contributed by atoms with Crippen molar-refractivity contribution in [2.75, 3.05) is 11.9 Å². The maximum atomic E-state index is 13.2. The van der Waals surface area contributed by atoms with Crippen molar-refractivity contribution in [3.63, 3.8) is 0 Å². The first-order chi connectivity index (χ1) is 16.7. The van der Waals surface area contributed by atoms with Crippen LogP contribution in [0.1, 0.15) is 28.5 Å². The Kier molecular flexibility index (Phi) is 7.36. The van der Waals surface area contributed by atoms with E-state index in [1.165, 1.54) is 53.0 Å². The molecule has 0 saturated heterocycles. The Morgan fingerprint density at radius 2 is 1.94 bits per heavy atom. The summed E-state index contributed by atoms with van der Waals surface area (Å²) in [6, 6.07) is 10.6. The van der Waals surface area contributed by atoms with Crippen LogP contribution in [0.25, 0.3) is 5.69 Å². The minimum atomic E-state index is -4.41. The van der Waals surface area contributed by atoms with Crippen LogP contribution in [0.2, 0.25) is 0 Å². The van der Waals surface area contributed by atoms with E-state index < -0.39 is 23.5 Å². The van der Waals surface area contributed by atoms with Gasteiger partial charge in [-0.2, -0.15) is 18.3 Å². The molecule has 182 valence electrons. The number of hydrogen-bond acceptors (Lipinski definition) is 7. The van der Waals surface area contributed by atoms with Crippen molar-refractivity contribution >= 4 is 34.1 Å². The molecular formula is C22H17F4N5O2S2. The lowest BCUT2D eigenvalue weighted by Gasteiger charge is -2.07. The van der Waals surface area contributed by atoms with Crippen molar-refractivity contribution in [2.24, 2.45) is 0 Å². The van der Waals surface area contributed by atoms with Crippen LogP contribution in [-0.4, -0.2) is 32.5 Å². The highest BCUT2D eigenvalue weighted by molar-refractivity contribution is 8.00. The summed E-state index contributed by atoms with van der Waals surface area (Å²) in [5.74, 6) is -0.497. The Balaban J connectivity index is 1.44. The van der Waals surface area contributed by atoms with Gasteiger partial charge < -0.3 is 4.74 Å². The Morgan fingerprint density at radius 3 is 2.66 bits per heavy atom. The molecule has 2 heterocycles. The van der Waals surface area contributed by atoms with Crippen molar-refractivity contribution in [1.29, 1.82) is 0 Å². The van der Waals surface area contributed by atoms with Crippen LogP contribution in [0.4, 0.5) is 22.7 Å². The number of halogens is 4. The number of amides is 1. The fourth-order valence-electron chi connectivity index (χ4n) is 2.96. The number of anilines is 1. The van der Waals surface area contributed by atoms with Gasteiger partial charge in [-0.15, -0.1) is 10.2 Å². The fourth-order valence-corrected chi connectivity index (χ4v) is 4.65. The van der Waals surface area contributed by atoms with Crippen molar-refractivity contribution in [1.82, 2.24) is 20.0 Å². The molecule has 0 fully saturated rings. The number of alkyl halides is 3. The molecule has 4 rings (SSSR count). The lowest BCUT2D eigenvalue weighted by atomic mass is 10.1. The lowest BCUT2D eigenvalue weighted by molar-refractivity contribution is -0.137. The molecule has 0 aliphatic heterocycles. The monoisotopic (exact) mass is 523 g/mol. The first-order valence-electron chi connectivity index (χ1n) is 10.1. The fraction of sp³-hybridized carbons (Fsp3) is 0.182. The van der Waals surface area contributed by atoms with E-state index in [1.807, 2.05) is 0 Å². The third-order valence-corrected chi connectivity index (χ3v) is 6.57. The highest BCUT2D eigenvalue weighted by atomic mass is 32.2. The van der Waals surface area contributed by atoms with Crippen LogP contribution >= 0.6 is 23.1 Å². The number of ether oxygens (including phenoxy) is 1. The third kappa shape index (κ3) is 6.17. The Hall–Kier alpha value is -3.45. The molecule has 2 aromatic carbocycles. The largest absolute Gasteiger partial charge is 0.490 e. The highest BCUT2D eigenvalue weighted by Gasteiger charge is 2.30. The van der Waals surface area contributed by atoms with Crippen molar-refractivity contribution in [3.05, 3.63) is 77.4 Å². The molecule has 35 heavy (non-hydrogen) atoms. The van der Waals surface area contributed by atoms with Gasteiger partial charge in [0.05, 0.1) is 24.1 Å². The van der Waals surface area contributed by atoms with Gasteiger partial charge in [-0.1, -0.05) is 41.3 Å². The van der Waals surface area contributed by atoms with Gasteiger partial charge in [0.1, 0.15) is 5.82 Å². The summed E-state index contributed by atoms with van der Waals surface area (Å²) < 4.78 is 59.3. The quantitative estimate of drug-likeness (QED) is 0.178. The van der Waals surface area contributed by atoms with Crippen LogP contribution in [-0.2, 0) is 11.9 Å². The molecule has 0 aliphatic rings. The molecule has 0 radical (unpaired) electrons. The van der Waals surface area contributed by atoms with E-state index in [1.54, 1.807) is 13.0 Å². The van der Waals surface area contributed by atoms with E-state index >= 15 is 0 Å². The molecule has 1 N–H and O–H groups in total. The first-order valence-corrected chi connectivity index (χ1v) is 12.0. The predicted octanol–water partition coefficient (Wildman–Crippen LogP) is 5.83. The summed E-state index contributed by atoms with van der Waals surface area (Å²) in [6.45, 7) is 2.06. The second-order valence-corrected chi connectivity index (χ2v) is 9.21. The van der Waals surface area contributed by atoms with Gasteiger partial charge in [0, 0.05) is 5.75 Å². The summed E-state index contributed by atoms with van der Waals surface area (Å²) in [7, 11) is 0. The summed E-state index contributed by atoms with van der Waals surface area (Å²) in [4.78, 5) is 12.8. The minimum Gasteiger partial charge on any atom is -0.490 e. The van der Waals surface area contributed by atoms with Gasteiger partial charge in [-0.3, -0.25) is 10.1 Å². The number of carbonyl (C=O) groups is 1. The maximum Gasteiger partial charge on any atom is 0.416 e. The molecule has 0 spiro atoms. The molecular weight excluding hydrogens is 506 g/mol. The Morgan fingerprint density at radius 1 is 1.17 bits per heavy atom. The van der Waals surface area contributed by atoms with Crippen molar-refractivity contribution in [2.45, 2.75) is 23.2 Å². The Bertz CT molecular complexity index is 1320. The normalized spacial score (nSPS) is 11.5. The summed E-state index contributed by atoms with van der Waals surface area (Å²) in [6.07, 6.45) is -2.90. The SMILES string of the molecule is CCOc1cn(-c2ccc(F)cc2)nc1C(=O)Nc1nnc(SCc2cccc(C(F)(F)F)c2)s1. The first kappa shape index (κ1) is 24.7. The van der Waals surface area contributed by atoms with Gasteiger partial charge in [0.25, 0.3) is 5.91 Å². The number of rotatable bonds is 8. The number of nitrogens with zero attached hydrogens (tertiary/aromatic N) is 4. The average molecular weight is 524 g/mol. The third-order valence-electron chi connectivity index (χ3n) is 4.53. The second-order valence-electron chi connectivity index (χ2n) is 7.01. The molecule has 0 atom stereocenters. The van der Waals surface area contributed by atoms with Crippen LogP contribution in [0.3, 0.4) is 0 Å². The zero-order valence-electron chi connectivity index (χ0n) is 18.0. The number of thioether (sulfide) groups is 1. The topological polar surface area (TPSA) is 81.9 Å². The number of nitrogens with one attached hydrogen (secondary N) is 1. The number of carbonyl (C=O) groups excluding carboxylic acids is 1.